The molecule has 28 heavy (non-hydrogen) atoms. The highest BCUT2D eigenvalue weighted by Gasteiger charge is 2.24. The summed E-state index contributed by atoms with van der Waals surface area (Å²) < 4.78 is 1.67. The van der Waals surface area contributed by atoms with Crippen LogP contribution in [-0.4, -0.2) is 45.0 Å². The van der Waals surface area contributed by atoms with Crippen LogP contribution in [0.25, 0.3) is 5.69 Å². The van der Waals surface area contributed by atoms with E-state index in [1.807, 2.05) is 36.1 Å². The van der Waals surface area contributed by atoms with Crippen LogP contribution in [0, 0.1) is 12.8 Å². The van der Waals surface area contributed by atoms with Crippen molar-refractivity contribution in [3.8, 4) is 5.69 Å². The van der Waals surface area contributed by atoms with Crippen LogP contribution in [0.2, 0.25) is 0 Å². The van der Waals surface area contributed by atoms with Crippen LogP contribution < -0.4 is 5.56 Å². The van der Waals surface area contributed by atoms with E-state index in [2.05, 4.69) is 6.92 Å². The molecule has 0 unspecified atom stereocenters. The van der Waals surface area contributed by atoms with Gasteiger partial charge in [0.25, 0.3) is 5.56 Å². The first-order valence-corrected chi connectivity index (χ1v) is 11.8. The molecular weight excluding hydrogens is 390 g/mol. The molecule has 1 amide bonds. The van der Waals surface area contributed by atoms with Gasteiger partial charge in [-0.25, -0.2) is 4.98 Å². The first-order valence-electron chi connectivity index (χ1n) is 9.79. The third-order valence-corrected chi connectivity index (χ3v) is 7.45. The SMILES string of the molecule is Cc1ccc(-n2c(SCC(=O)N3CCC(C)CC3)nc3c(c2=O)SCC3)cc1. The molecule has 3 heterocycles. The Hall–Kier alpha value is -1.73. The van der Waals surface area contributed by atoms with Gasteiger partial charge in [-0.15, -0.1) is 11.8 Å². The van der Waals surface area contributed by atoms with Gasteiger partial charge in [-0.1, -0.05) is 36.4 Å². The predicted octanol–water partition coefficient (Wildman–Crippen LogP) is 3.54. The first-order chi connectivity index (χ1) is 13.5. The molecule has 1 saturated heterocycles. The number of likely N-dealkylation sites (tertiary alicyclic amines) is 1. The molecule has 2 aliphatic heterocycles. The van der Waals surface area contributed by atoms with Gasteiger partial charge in [-0.3, -0.25) is 14.2 Å². The highest BCUT2D eigenvalue weighted by atomic mass is 32.2. The van der Waals surface area contributed by atoms with E-state index in [4.69, 9.17) is 4.98 Å². The van der Waals surface area contributed by atoms with Crippen molar-refractivity contribution < 1.29 is 4.79 Å². The van der Waals surface area contributed by atoms with Crippen LogP contribution in [0.3, 0.4) is 0 Å². The monoisotopic (exact) mass is 415 g/mol. The minimum absolute atomic E-state index is 0.0156. The van der Waals surface area contributed by atoms with Gasteiger partial charge < -0.3 is 4.90 Å². The van der Waals surface area contributed by atoms with Crippen LogP contribution in [0.4, 0.5) is 0 Å². The fraction of sp³-hybridized carbons (Fsp3) is 0.476. The molecule has 4 rings (SSSR count). The second-order valence-electron chi connectivity index (χ2n) is 7.60. The fourth-order valence-corrected chi connectivity index (χ4v) is 5.54. The lowest BCUT2D eigenvalue weighted by atomic mass is 9.99. The van der Waals surface area contributed by atoms with Crippen molar-refractivity contribution in [2.75, 3.05) is 24.6 Å². The Labute approximate surface area is 173 Å². The van der Waals surface area contributed by atoms with Crippen molar-refractivity contribution in [1.82, 2.24) is 14.5 Å². The Morgan fingerprint density at radius 1 is 1.25 bits per heavy atom. The summed E-state index contributed by atoms with van der Waals surface area (Å²) in [6.45, 7) is 5.93. The highest BCUT2D eigenvalue weighted by Crippen LogP contribution is 2.30. The molecule has 5 nitrogen and oxygen atoms in total. The topological polar surface area (TPSA) is 55.2 Å². The molecule has 0 aliphatic carbocycles. The summed E-state index contributed by atoms with van der Waals surface area (Å²) in [6.07, 6.45) is 2.95. The van der Waals surface area contributed by atoms with E-state index in [9.17, 15) is 9.59 Å². The Kier molecular flexibility index (Phi) is 5.83. The summed E-state index contributed by atoms with van der Waals surface area (Å²) in [5.41, 5.74) is 2.81. The molecule has 1 aromatic carbocycles. The number of fused-ring (bicyclic) bond motifs is 1. The maximum absolute atomic E-state index is 13.1. The third kappa shape index (κ3) is 4.01. The molecule has 0 saturated carbocycles. The number of amides is 1. The minimum atomic E-state index is -0.0156. The molecule has 7 heteroatoms. The van der Waals surface area contributed by atoms with Crippen molar-refractivity contribution in [3.63, 3.8) is 0 Å². The number of nitrogens with zero attached hydrogens (tertiary/aromatic N) is 3. The zero-order chi connectivity index (χ0) is 19.7. The van der Waals surface area contributed by atoms with Crippen molar-refractivity contribution in [2.24, 2.45) is 5.92 Å². The van der Waals surface area contributed by atoms with E-state index >= 15 is 0 Å². The molecule has 2 aromatic rings. The maximum Gasteiger partial charge on any atom is 0.272 e. The maximum atomic E-state index is 13.1. The Morgan fingerprint density at radius 2 is 1.96 bits per heavy atom. The van der Waals surface area contributed by atoms with E-state index < -0.39 is 0 Å². The highest BCUT2D eigenvalue weighted by molar-refractivity contribution is 8.00. The molecule has 1 fully saturated rings. The molecule has 0 spiro atoms. The van der Waals surface area contributed by atoms with E-state index in [0.29, 0.717) is 16.8 Å². The van der Waals surface area contributed by atoms with E-state index in [0.717, 1.165) is 59.9 Å². The number of hydrogen-bond acceptors (Lipinski definition) is 5. The minimum Gasteiger partial charge on any atom is -0.342 e. The lowest BCUT2D eigenvalue weighted by molar-refractivity contribution is -0.129. The van der Waals surface area contributed by atoms with Gasteiger partial charge in [-0.2, -0.15) is 0 Å². The lowest BCUT2D eigenvalue weighted by Gasteiger charge is -2.30. The normalized spacial score (nSPS) is 17.0. The molecule has 2 aliphatic rings. The van der Waals surface area contributed by atoms with Crippen LogP contribution in [0.5, 0.6) is 0 Å². The standard InChI is InChI=1S/C21H25N3O2S2/c1-14-3-5-16(6-4-14)24-20(26)19-17(9-12-27-19)22-21(24)28-13-18(25)23-10-7-15(2)8-11-23/h3-6,15H,7-13H2,1-2H3. The number of aryl methyl sites for hydroxylation is 2. The summed E-state index contributed by atoms with van der Waals surface area (Å²) in [6, 6.07) is 7.89. The van der Waals surface area contributed by atoms with E-state index in [-0.39, 0.29) is 11.5 Å². The third-order valence-electron chi connectivity index (χ3n) is 5.42. The predicted molar refractivity (Wildman–Crippen MR) is 115 cm³/mol. The second-order valence-corrected chi connectivity index (χ2v) is 9.64. The van der Waals surface area contributed by atoms with Gasteiger partial charge in [0, 0.05) is 25.3 Å². The van der Waals surface area contributed by atoms with Crippen molar-refractivity contribution in [1.29, 1.82) is 0 Å². The van der Waals surface area contributed by atoms with Crippen LogP contribution in [0.1, 0.15) is 31.0 Å². The summed E-state index contributed by atoms with van der Waals surface area (Å²) in [5.74, 6) is 2.04. The average molecular weight is 416 g/mol. The molecule has 148 valence electrons. The quantitative estimate of drug-likeness (QED) is 0.565. The van der Waals surface area contributed by atoms with Crippen LogP contribution >= 0.6 is 23.5 Å². The summed E-state index contributed by atoms with van der Waals surface area (Å²) >= 11 is 2.96. The molecule has 1 aromatic heterocycles. The van der Waals surface area contributed by atoms with E-state index in [1.54, 1.807) is 16.3 Å². The van der Waals surface area contributed by atoms with Gasteiger partial charge in [0.1, 0.15) is 0 Å². The first kappa shape index (κ1) is 19.6. The average Bonchev–Trinajstić information content (AvgIpc) is 3.17. The zero-order valence-corrected chi connectivity index (χ0v) is 17.9. The van der Waals surface area contributed by atoms with Crippen LogP contribution in [0.15, 0.2) is 39.1 Å². The van der Waals surface area contributed by atoms with Gasteiger partial charge in [-0.05, 0) is 37.8 Å². The largest absolute Gasteiger partial charge is 0.342 e. The molecular formula is C21H25N3O2S2. The Bertz CT molecular complexity index is 932. The number of piperidine rings is 1. The lowest BCUT2D eigenvalue weighted by Crippen LogP contribution is -2.39. The molecule has 0 radical (unpaired) electrons. The van der Waals surface area contributed by atoms with Gasteiger partial charge in [0.05, 0.1) is 22.0 Å². The molecule has 0 N–H and O–H groups in total. The second kappa shape index (κ2) is 8.33. The van der Waals surface area contributed by atoms with E-state index in [1.165, 1.54) is 11.8 Å². The fourth-order valence-electron chi connectivity index (χ4n) is 3.59. The number of aromatic nitrogens is 2. The summed E-state index contributed by atoms with van der Waals surface area (Å²) in [5, 5.41) is 0.619. The molecule has 0 bridgehead atoms. The Balaban J connectivity index is 1.61. The van der Waals surface area contributed by atoms with Gasteiger partial charge in [0.15, 0.2) is 5.16 Å². The zero-order valence-electron chi connectivity index (χ0n) is 16.3. The van der Waals surface area contributed by atoms with Gasteiger partial charge >= 0.3 is 0 Å². The summed E-state index contributed by atoms with van der Waals surface area (Å²) in [4.78, 5) is 33.3. The Morgan fingerprint density at radius 3 is 2.68 bits per heavy atom. The number of rotatable bonds is 4. The number of carbonyl (C=O) groups excluding carboxylic acids is 1. The number of thioether (sulfide) groups is 2. The number of hydrogen-bond donors (Lipinski definition) is 0. The van der Waals surface area contributed by atoms with Crippen molar-refractivity contribution in [2.45, 2.75) is 43.2 Å². The van der Waals surface area contributed by atoms with Crippen molar-refractivity contribution >= 4 is 29.4 Å². The number of benzene rings is 1. The van der Waals surface area contributed by atoms with Crippen molar-refractivity contribution in [3.05, 3.63) is 45.9 Å². The smallest absolute Gasteiger partial charge is 0.272 e. The summed E-state index contributed by atoms with van der Waals surface area (Å²) in [7, 11) is 0. The number of carbonyl (C=O) groups is 1. The molecule has 0 atom stereocenters. The van der Waals surface area contributed by atoms with Crippen LogP contribution in [-0.2, 0) is 11.2 Å². The van der Waals surface area contributed by atoms with Gasteiger partial charge in [0.2, 0.25) is 5.91 Å².